The van der Waals surface area contributed by atoms with Crippen LogP contribution < -0.4 is 10.2 Å². The molecule has 1 saturated heterocycles. The number of carbonyl (C=O) groups is 1. The molecule has 1 aromatic heterocycles. The van der Waals surface area contributed by atoms with Crippen LogP contribution in [0.15, 0.2) is 24.3 Å². The zero-order valence-corrected chi connectivity index (χ0v) is 14.4. The number of aromatic nitrogens is 2. The fraction of sp³-hybridized carbons (Fsp3) is 0.353. The van der Waals surface area contributed by atoms with Crippen molar-refractivity contribution in [1.29, 1.82) is 0 Å². The summed E-state index contributed by atoms with van der Waals surface area (Å²) in [6.45, 7) is 3.95. The lowest BCUT2D eigenvalue weighted by Crippen LogP contribution is -2.19. The number of hydrogen-bond donors (Lipinski definition) is 1. The Morgan fingerprint density at radius 3 is 2.71 bits per heavy atom. The van der Waals surface area contributed by atoms with Crippen LogP contribution in [-0.4, -0.2) is 36.1 Å². The maximum Gasteiger partial charge on any atom is 0.337 e. The zero-order valence-electron chi connectivity index (χ0n) is 13.7. The summed E-state index contributed by atoms with van der Waals surface area (Å²) in [4.78, 5) is 22.9. The Labute approximate surface area is 145 Å². The number of halogens is 1. The Morgan fingerprint density at radius 2 is 2.00 bits per heavy atom. The molecule has 0 spiro atoms. The first-order chi connectivity index (χ1) is 11.6. The van der Waals surface area contributed by atoms with Gasteiger partial charge in [0, 0.05) is 24.8 Å². The monoisotopic (exact) mass is 346 g/mol. The molecule has 0 saturated carbocycles. The molecule has 3 rings (SSSR count). The summed E-state index contributed by atoms with van der Waals surface area (Å²) >= 11 is 6.22. The molecule has 2 heterocycles. The molecule has 1 fully saturated rings. The summed E-state index contributed by atoms with van der Waals surface area (Å²) < 4.78 is 4.74. The van der Waals surface area contributed by atoms with Gasteiger partial charge in [0.2, 0.25) is 5.95 Å². The molecule has 1 N–H and O–H groups in total. The number of rotatable bonds is 4. The van der Waals surface area contributed by atoms with Crippen molar-refractivity contribution in [2.45, 2.75) is 19.8 Å². The van der Waals surface area contributed by atoms with Crippen molar-refractivity contribution in [3.8, 4) is 0 Å². The van der Waals surface area contributed by atoms with Gasteiger partial charge in [-0.1, -0.05) is 11.6 Å². The van der Waals surface area contributed by atoms with E-state index >= 15 is 0 Å². The van der Waals surface area contributed by atoms with E-state index < -0.39 is 5.97 Å². The topological polar surface area (TPSA) is 67.3 Å². The van der Waals surface area contributed by atoms with Crippen molar-refractivity contribution in [1.82, 2.24) is 9.97 Å². The second-order valence-corrected chi connectivity index (χ2v) is 6.10. The molecule has 24 heavy (non-hydrogen) atoms. The van der Waals surface area contributed by atoms with E-state index in [1.54, 1.807) is 18.2 Å². The van der Waals surface area contributed by atoms with E-state index in [2.05, 4.69) is 20.2 Å². The fourth-order valence-electron chi connectivity index (χ4n) is 2.70. The molecule has 0 aliphatic carbocycles. The molecular formula is C17H19ClN4O2. The number of methoxy groups -OCH3 is 1. The Bertz CT molecular complexity index is 760. The molecule has 1 aliphatic heterocycles. The Balaban J connectivity index is 1.89. The van der Waals surface area contributed by atoms with Gasteiger partial charge in [0.05, 0.1) is 23.4 Å². The van der Waals surface area contributed by atoms with Gasteiger partial charge in [0.25, 0.3) is 0 Å². The van der Waals surface area contributed by atoms with Gasteiger partial charge in [-0.25, -0.2) is 9.78 Å². The summed E-state index contributed by atoms with van der Waals surface area (Å²) in [6.07, 6.45) is 2.36. The molecule has 1 aromatic carbocycles. The van der Waals surface area contributed by atoms with Crippen LogP contribution >= 0.6 is 11.6 Å². The molecule has 2 aromatic rings. The molecule has 0 unspecified atom stereocenters. The lowest BCUT2D eigenvalue weighted by molar-refractivity contribution is 0.0601. The van der Waals surface area contributed by atoms with Crippen LogP contribution in [0, 0.1) is 6.92 Å². The van der Waals surface area contributed by atoms with Crippen LogP contribution in [0.3, 0.4) is 0 Å². The Kier molecular flexibility index (Phi) is 4.85. The SMILES string of the molecule is COC(=O)c1ccc(Cl)c(Nc2nc(C)cc(N3CCCC3)n2)c1. The van der Waals surface area contributed by atoms with Crippen LogP contribution in [0.5, 0.6) is 0 Å². The highest BCUT2D eigenvalue weighted by Gasteiger charge is 2.16. The Hall–Kier alpha value is -2.34. The lowest BCUT2D eigenvalue weighted by Gasteiger charge is -2.18. The fourth-order valence-corrected chi connectivity index (χ4v) is 2.87. The third-order valence-electron chi connectivity index (χ3n) is 3.90. The molecular weight excluding hydrogens is 328 g/mol. The van der Waals surface area contributed by atoms with Crippen molar-refractivity contribution in [3.05, 3.63) is 40.5 Å². The van der Waals surface area contributed by atoms with Crippen LogP contribution in [0.25, 0.3) is 0 Å². The van der Waals surface area contributed by atoms with Gasteiger partial charge >= 0.3 is 5.97 Å². The van der Waals surface area contributed by atoms with E-state index in [0.717, 1.165) is 24.6 Å². The number of anilines is 3. The number of benzene rings is 1. The minimum absolute atomic E-state index is 0.414. The first-order valence-electron chi connectivity index (χ1n) is 7.82. The van der Waals surface area contributed by atoms with E-state index in [1.165, 1.54) is 20.0 Å². The standard InChI is InChI=1S/C17H19ClN4O2/c1-11-9-15(22-7-3-4-8-22)21-17(19-11)20-14-10-12(16(23)24-2)5-6-13(14)18/h5-6,9-10H,3-4,7-8H2,1-2H3,(H,19,20,21). The number of carbonyl (C=O) groups excluding carboxylic acids is 1. The van der Waals surface area contributed by atoms with Gasteiger partial charge in [-0.3, -0.25) is 0 Å². The zero-order chi connectivity index (χ0) is 17.1. The average molecular weight is 347 g/mol. The van der Waals surface area contributed by atoms with E-state index in [4.69, 9.17) is 16.3 Å². The maximum absolute atomic E-state index is 11.7. The molecule has 1 aliphatic rings. The molecule has 6 nitrogen and oxygen atoms in total. The first-order valence-corrected chi connectivity index (χ1v) is 8.20. The van der Waals surface area contributed by atoms with Crippen molar-refractivity contribution < 1.29 is 9.53 Å². The van der Waals surface area contributed by atoms with Gasteiger partial charge in [-0.05, 0) is 38.0 Å². The first kappa shape index (κ1) is 16.5. The van der Waals surface area contributed by atoms with Crippen molar-refractivity contribution >= 4 is 35.0 Å². The molecule has 0 amide bonds. The normalized spacial score (nSPS) is 13.9. The molecule has 0 bridgehead atoms. The third kappa shape index (κ3) is 3.59. The predicted molar refractivity (Wildman–Crippen MR) is 94.3 cm³/mol. The van der Waals surface area contributed by atoms with E-state index in [1.807, 2.05) is 13.0 Å². The van der Waals surface area contributed by atoms with Crippen LogP contribution in [0.1, 0.15) is 28.9 Å². The number of esters is 1. The quantitative estimate of drug-likeness (QED) is 0.854. The average Bonchev–Trinajstić information content (AvgIpc) is 3.10. The van der Waals surface area contributed by atoms with E-state index in [0.29, 0.717) is 22.2 Å². The highest BCUT2D eigenvalue weighted by molar-refractivity contribution is 6.33. The summed E-state index contributed by atoms with van der Waals surface area (Å²) in [7, 11) is 1.34. The lowest BCUT2D eigenvalue weighted by atomic mass is 10.2. The summed E-state index contributed by atoms with van der Waals surface area (Å²) in [6, 6.07) is 6.87. The number of nitrogens with zero attached hydrogens (tertiary/aromatic N) is 3. The molecule has 126 valence electrons. The van der Waals surface area contributed by atoms with E-state index in [-0.39, 0.29) is 0 Å². The van der Waals surface area contributed by atoms with Gasteiger partial charge in [0.1, 0.15) is 5.82 Å². The summed E-state index contributed by atoms with van der Waals surface area (Å²) in [5.41, 5.74) is 1.85. The summed E-state index contributed by atoms with van der Waals surface area (Å²) in [5.74, 6) is 0.946. The van der Waals surface area contributed by atoms with Crippen LogP contribution in [0.2, 0.25) is 5.02 Å². The smallest absolute Gasteiger partial charge is 0.337 e. The number of ether oxygens (including phenoxy) is 1. The predicted octanol–water partition coefficient (Wildman–Crippen LogP) is 3.57. The molecule has 0 atom stereocenters. The second kappa shape index (κ2) is 7.05. The highest BCUT2D eigenvalue weighted by atomic mass is 35.5. The van der Waals surface area contributed by atoms with Crippen molar-refractivity contribution in [2.24, 2.45) is 0 Å². The molecule has 0 radical (unpaired) electrons. The maximum atomic E-state index is 11.7. The number of hydrogen-bond acceptors (Lipinski definition) is 6. The van der Waals surface area contributed by atoms with E-state index in [9.17, 15) is 4.79 Å². The van der Waals surface area contributed by atoms with Crippen molar-refractivity contribution in [3.63, 3.8) is 0 Å². The second-order valence-electron chi connectivity index (χ2n) is 5.70. The molecule has 7 heteroatoms. The van der Waals surface area contributed by atoms with Crippen LogP contribution in [-0.2, 0) is 4.74 Å². The third-order valence-corrected chi connectivity index (χ3v) is 4.23. The largest absolute Gasteiger partial charge is 0.465 e. The summed E-state index contributed by atoms with van der Waals surface area (Å²) in [5, 5.41) is 3.59. The van der Waals surface area contributed by atoms with Gasteiger partial charge in [-0.15, -0.1) is 0 Å². The van der Waals surface area contributed by atoms with Gasteiger partial charge < -0.3 is 15.0 Å². The minimum Gasteiger partial charge on any atom is -0.465 e. The Morgan fingerprint density at radius 1 is 1.25 bits per heavy atom. The highest BCUT2D eigenvalue weighted by Crippen LogP contribution is 2.27. The number of aryl methyl sites for hydroxylation is 1. The van der Waals surface area contributed by atoms with Gasteiger partial charge in [-0.2, -0.15) is 4.98 Å². The van der Waals surface area contributed by atoms with Crippen molar-refractivity contribution in [2.75, 3.05) is 30.4 Å². The van der Waals surface area contributed by atoms with Gasteiger partial charge in [0.15, 0.2) is 0 Å². The number of nitrogens with one attached hydrogen (secondary N) is 1. The van der Waals surface area contributed by atoms with Crippen LogP contribution in [0.4, 0.5) is 17.5 Å². The minimum atomic E-state index is -0.419.